The molecule has 3 amide bonds. The molecule has 3 aliphatic rings. The van der Waals surface area contributed by atoms with Gasteiger partial charge in [0.05, 0.1) is 24.0 Å². The zero-order valence-electron chi connectivity index (χ0n) is 24.1. The van der Waals surface area contributed by atoms with Crippen molar-refractivity contribution in [2.75, 3.05) is 39.2 Å². The van der Waals surface area contributed by atoms with Crippen LogP contribution in [-0.2, 0) is 19.4 Å². The number of fused-ring (bicyclic) bond motifs is 2. The van der Waals surface area contributed by atoms with Crippen molar-refractivity contribution < 1.29 is 27.9 Å². The molecular formula is C29H36ClN5O6S. The van der Waals surface area contributed by atoms with E-state index >= 15 is 0 Å². The number of hydrogen-bond acceptors (Lipinski definition) is 7. The zero-order chi connectivity index (χ0) is 30.6. The van der Waals surface area contributed by atoms with Crippen molar-refractivity contribution in [1.82, 2.24) is 24.9 Å². The minimum atomic E-state index is -4.15. The standard InChI is InChI=1S/C29H36ClN5O6S/c1-28(2,3)29(31-27(38)39,16-42(40,41)23-8-6-19-13-21(30)7-5-20(19)14-23)26(37)33-11-9-22(10-12-33)35-18-34-17-32(4)15-24(34)25(35)36/h5-8,13-15,22,31H,9-12,16-18H2,1-4H3,(H,38,39)/t29-/m1/s1. The van der Waals surface area contributed by atoms with Crippen LogP contribution in [-0.4, -0.2) is 102 Å². The van der Waals surface area contributed by atoms with Gasteiger partial charge in [0.15, 0.2) is 9.84 Å². The average Bonchev–Trinajstić information content (AvgIpc) is 3.42. The summed E-state index contributed by atoms with van der Waals surface area (Å²) in [4.78, 5) is 46.7. The fourth-order valence-electron chi connectivity index (χ4n) is 6.13. The molecule has 0 saturated carbocycles. The number of carbonyl (C=O) groups is 3. The molecule has 0 aromatic heterocycles. The van der Waals surface area contributed by atoms with Gasteiger partial charge in [-0.2, -0.15) is 0 Å². The van der Waals surface area contributed by atoms with Gasteiger partial charge in [-0.3, -0.25) is 9.59 Å². The van der Waals surface area contributed by atoms with Crippen LogP contribution in [0.2, 0.25) is 5.02 Å². The lowest BCUT2D eigenvalue weighted by Crippen LogP contribution is -2.70. The lowest BCUT2D eigenvalue weighted by Gasteiger charge is -2.47. The van der Waals surface area contributed by atoms with E-state index in [1.54, 1.807) is 45.0 Å². The fraction of sp³-hybridized carbons (Fsp3) is 0.483. The van der Waals surface area contributed by atoms with Crippen LogP contribution in [0, 0.1) is 5.41 Å². The van der Waals surface area contributed by atoms with E-state index in [-0.39, 0.29) is 29.9 Å². The van der Waals surface area contributed by atoms with E-state index in [9.17, 15) is 27.9 Å². The monoisotopic (exact) mass is 617 g/mol. The molecule has 13 heteroatoms. The first-order valence-electron chi connectivity index (χ1n) is 13.8. The third kappa shape index (κ3) is 5.37. The highest BCUT2D eigenvalue weighted by atomic mass is 35.5. The smallest absolute Gasteiger partial charge is 0.405 e. The quantitative estimate of drug-likeness (QED) is 0.506. The van der Waals surface area contributed by atoms with Crippen LogP contribution >= 0.6 is 11.6 Å². The lowest BCUT2D eigenvalue weighted by atomic mass is 9.73. The van der Waals surface area contributed by atoms with Crippen molar-refractivity contribution in [3.63, 3.8) is 0 Å². The van der Waals surface area contributed by atoms with Crippen molar-refractivity contribution in [1.29, 1.82) is 0 Å². The highest BCUT2D eigenvalue weighted by molar-refractivity contribution is 7.91. The number of hydrogen-bond donors (Lipinski definition) is 2. The Morgan fingerprint density at radius 3 is 2.31 bits per heavy atom. The first-order valence-corrected chi connectivity index (χ1v) is 15.8. The molecule has 0 aliphatic carbocycles. The average molecular weight is 618 g/mol. The molecule has 3 heterocycles. The van der Waals surface area contributed by atoms with E-state index in [4.69, 9.17) is 11.6 Å². The SMILES string of the molecule is CN1C=C2C(=O)N(C3CCN(C(=O)[C@@](CS(=O)(=O)c4ccc5cc(Cl)ccc5c4)(NC(=O)O)C(C)(C)C)CC3)CN2C1. The number of sulfone groups is 1. The predicted octanol–water partition coefficient (Wildman–Crippen LogP) is 3.16. The van der Waals surface area contributed by atoms with Gasteiger partial charge in [0.25, 0.3) is 5.91 Å². The molecule has 2 aromatic rings. The van der Waals surface area contributed by atoms with Gasteiger partial charge in [-0.1, -0.05) is 44.5 Å². The molecule has 0 bridgehead atoms. The highest BCUT2D eigenvalue weighted by Gasteiger charge is 2.55. The zero-order valence-corrected chi connectivity index (χ0v) is 25.7. The third-order valence-electron chi connectivity index (χ3n) is 8.58. The number of piperidine rings is 1. The number of carbonyl (C=O) groups excluding carboxylic acids is 2. The first-order chi connectivity index (χ1) is 19.6. The summed E-state index contributed by atoms with van der Waals surface area (Å²) in [6, 6.07) is 9.62. The van der Waals surface area contributed by atoms with Gasteiger partial charge in [0.2, 0.25) is 5.91 Å². The Morgan fingerprint density at radius 2 is 1.69 bits per heavy atom. The summed E-state index contributed by atoms with van der Waals surface area (Å²) in [5.41, 5.74) is -2.42. The van der Waals surface area contributed by atoms with E-state index in [2.05, 4.69) is 5.32 Å². The predicted molar refractivity (Wildman–Crippen MR) is 158 cm³/mol. The molecule has 0 unspecified atom stereocenters. The molecule has 0 spiro atoms. The van der Waals surface area contributed by atoms with Crippen molar-refractivity contribution in [2.24, 2.45) is 5.41 Å². The van der Waals surface area contributed by atoms with Gasteiger partial charge in [0.1, 0.15) is 11.2 Å². The summed E-state index contributed by atoms with van der Waals surface area (Å²) < 4.78 is 27.7. The maximum atomic E-state index is 14.3. The summed E-state index contributed by atoms with van der Waals surface area (Å²) >= 11 is 6.07. The molecule has 1 atom stereocenters. The van der Waals surface area contributed by atoms with Gasteiger partial charge < -0.3 is 30.0 Å². The lowest BCUT2D eigenvalue weighted by molar-refractivity contribution is -0.143. The minimum absolute atomic E-state index is 0.0160. The van der Waals surface area contributed by atoms with E-state index in [1.165, 1.54) is 17.0 Å². The normalized spacial score (nSPS) is 19.6. The molecule has 42 heavy (non-hydrogen) atoms. The second-order valence-corrected chi connectivity index (χ2v) is 14.8. The van der Waals surface area contributed by atoms with Crippen molar-refractivity contribution in [2.45, 2.75) is 50.1 Å². The van der Waals surface area contributed by atoms with Gasteiger partial charge in [-0.15, -0.1) is 0 Å². The largest absolute Gasteiger partial charge is 0.465 e. The summed E-state index contributed by atoms with van der Waals surface area (Å²) in [5, 5.41) is 14.1. The Hall–Kier alpha value is -3.51. The van der Waals surface area contributed by atoms with Crippen molar-refractivity contribution in [3.8, 4) is 0 Å². The van der Waals surface area contributed by atoms with Crippen molar-refractivity contribution in [3.05, 3.63) is 53.3 Å². The van der Waals surface area contributed by atoms with Crippen LogP contribution in [0.5, 0.6) is 0 Å². The number of carboxylic acid groups (broad SMARTS) is 1. The summed E-state index contributed by atoms with van der Waals surface area (Å²) in [7, 11) is -2.24. The van der Waals surface area contributed by atoms with E-state index in [1.807, 2.05) is 27.9 Å². The number of nitrogens with one attached hydrogen (secondary N) is 1. The second-order valence-electron chi connectivity index (χ2n) is 12.4. The molecule has 0 radical (unpaired) electrons. The van der Waals surface area contributed by atoms with Gasteiger partial charge in [-0.05, 0) is 53.3 Å². The topological polar surface area (TPSA) is 131 Å². The molecular weight excluding hydrogens is 582 g/mol. The Morgan fingerprint density at radius 1 is 1.05 bits per heavy atom. The van der Waals surface area contributed by atoms with Gasteiger partial charge in [0, 0.05) is 37.4 Å². The van der Waals surface area contributed by atoms with Gasteiger partial charge in [-0.25, -0.2) is 13.2 Å². The number of nitrogens with zero attached hydrogens (tertiary/aromatic N) is 4. The third-order valence-corrected chi connectivity index (χ3v) is 10.6. The molecule has 11 nitrogen and oxygen atoms in total. The number of benzene rings is 2. The van der Waals surface area contributed by atoms with Crippen LogP contribution in [0.25, 0.3) is 10.8 Å². The Labute approximate surface area is 250 Å². The Balaban J connectivity index is 1.40. The molecule has 3 aliphatic heterocycles. The second kappa shape index (κ2) is 10.6. The van der Waals surface area contributed by atoms with E-state index < -0.39 is 38.5 Å². The molecule has 226 valence electrons. The minimum Gasteiger partial charge on any atom is -0.465 e. The van der Waals surface area contributed by atoms with Gasteiger partial charge >= 0.3 is 6.09 Å². The van der Waals surface area contributed by atoms with Crippen LogP contribution in [0.15, 0.2) is 53.2 Å². The highest BCUT2D eigenvalue weighted by Crippen LogP contribution is 2.37. The van der Waals surface area contributed by atoms with E-state index in [0.717, 1.165) is 5.39 Å². The molecule has 2 N–H and O–H groups in total. The molecule has 5 rings (SSSR count). The molecule has 2 saturated heterocycles. The number of halogens is 1. The maximum Gasteiger partial charge on any atom is 0.405 e. The van der Waals surface area contributed by atoms with Crippen LogP contribution in [0.1, 0.15) is 33.6 Å². The molecule has 2 fully saturated rings. The first kappa shape index (κ1) is 30.0. The summed E-state index contributed by atoms with van der Waals surface area (Å²) in [6.07, 6.45) is 1.35. The maximum absolute atomic E-state index is 14.3. The van der Waals surface area contributed by atoms with Crippen molar-refractivity contribution >= 4 is 50.1 Å². The van der Waals surface area contributed by atoms with Crippen LogP contribution < -0.4 is 5.32 Å². The number of rotatable bonds is 6. The fourth-order valence-corrected chi connectivity index (χ4v) is 8.26. The summed E-state index contributed by atoms with van der Waals surface area (Å²) in [6.45, 7) is 6.63. The van der Waals surface area contributed by atoms with E-state index in [0.29, 0.717) is 42.3 Å². The van der Waals surface area contributed by atoms with Crippen LogP contribution in [0.3, 0.4) is 0 Å². The van der Waals surface area contributed by atoms with Crippen LogP contribution in [0.4, 0.5) is 4.79 Å². The molecule has 2 aromatic carbocycles. The summed E-state index contributed by atoms with van der Waals surface area (Å²) in [5.74, 6) is -1.39. The Bertz CT molecular complexity index is 1580. The number of likely N-dealkylation sites (tertiary alicyclic amines) is 1. The number of amides is 3. The Kier molecular flexibility index (Phi) is 7.59.